The molecule has 0 aliphatic carbocycles. The molecule has 1 saturated heterocycles. The molecule has 1 aromatic carbocycles. The fourth-order valence-corrected chi connectivity index (χ4v) is 2.16. The molecule has 19 heavy (non-hydrogen) atoms. The zero-order valence-corrected chi connectivity index (χ0v) is 10.6. The van der Waals surface area contributed by atoms with Gasteiger partial charge in [0.2, 0.25) is 5.91 Å². The van der Waals surface area contributed by atoms with E-state index in [2.05, 4.69) is 5.32 Å². The van der Waals surface area contributed by atoms with Crippen molar-refractivity contribution in [2.75, 3.05) is 13.6 Å². The van der Waals surface area contributed by atoms with Crippen molar-refractivity contribution in [1.82, 2.24) is 10.2 Å². The maximum atomic E-state index is 13.1. The number of benzene rings is 1. The molecule has 0 radical (unpaired) electrons. The number of hydrogen-bond acceptors (Lipinski definition) is 3. The highest BCUT2D eigenvalue weighted by atomic mass is 19.2. The SMILES string of the molecule is CN(Cc1ccc(F)c(F)c1)C(=O)C1CC(O)CN1. The van der Waals surface area contributed by atoms with Gasteiger partial charge in [-0.2, -0.15) is 0 Å². The van der Waals surface area contributed by atoms with Crippen molar-refractivity contribution < 1.29 is 18.7 Å². The maximum Gasteiger partial charge on any atom is 0.239 e. The summed E-state index contributed by atoms with van der Waals surface area (Å²) in [6, 6.07) is 3.15. The molecule has 1 amide bonds. The Bertz CT molecular complexity index is 482. The lowest BCUT2D eigenvalue weighted by molar-refractivity contribution is -0.132. The highest BCUT2D eigenvalue weighted by molar-refractivity contribution is 5.82. The Labute approximate surface area is 110 Å². The highest BCUT2D eigenvalue weighted by Crippen LogP contribution is 2.13. The van der Waals surface area contributed by atoms with Crippen molar-refractivity contribution in [2.24, 2.45) is 0 Å². The van der Waals surface area contributed by atoms with Crippen molar-refractivity contribution >= 4 is 5.91 Å². The minimum absolute atomic E-state index is 0.165. The molecule has 1 aliphatic heterocycles. The van der Waals surface area contributed by atoms with Gasteiger partial charge in [-0.05, 0) is 24.1 Å². The van der Waals surface area contributed by atoms with Crippen molar-refractivity contribution in [1.29, 1.82) is 0 Å². The van der Waals surface area contributed by atoms with E-state index in [1.54, 1.807) is 7.05 Å². The summed E-state index contributed by atoms with van der Waals surface area (Å²) in [5.41, 5.74) is 0.522. The molecule has 0 bridgehead atoms. The maximum absolute atomic E-state index is 13.1. The Hall–Kier alpha value is -1.53. The second-order valence-corrected chi connectivity index (χ2v) is 4.79. The van der Waals surface area contributed by atoms with E-state index in [1.807, 2.05) is 0 Å². The molecule has 1 aromatic rings. The van der Waals surface area contributed by atoms with Crippen LogP contribution in [0.2, 0.25) is 0 Å². The van der Waals surface area contributed by atoms with E-state index in [-0.39, 0.29) is 12.5 Å². The number of halogens is 2. The normalized spacial score (nSPS) is 22.5. The number of hydrogen-bond donors (Lipinski definition) is 2. The minimum atomic E-state index is -0.923. The van der Waals surface area contributed by atoms with Crippen LogP contribution in [-0.2, 0) is 11.3 Å². The van der Waals surface area contributed by atoms with E-state index >= 15 is 0 Å². The smallest absolute Gasteiger partial charge is 0.239 e. The zero-order valence-electron chi connectivity index (χ0n) is 10.6. The largest absolute Gasteiger partial charge is 0.392 e. The third kappa shape index (κ3) is 3.27. The number of rotatable bonds is 3. The van der Waals surface area contributed by atoms with Crippen molar-refractivity contribution in [2.45, 2.75) is 25.1 Å². The average Bonchev–Trinajstić information content (AvgIpc) is 2.79. The first-order valence-corrected chi connectivity index (χ1v) is 6.07. The van der Waals surface area contributed by atoms with Gasteiger partial charge in [0.15, 0.2) is 11.6 Å². The van der Waals surface area contributed by atoms with Gasteiger partial charge in [0.25, 0.3) is 0 Å². The molecule has 0 saturated carbocycles. The molecule has 4 nitrogen and oxygen atoms in total. The first kappa shape index (κ1) is 13.9. The van der Waals surface area contributed by atoms with Gasteiger partial charge >= 0.3 is 0 Å². The molecule has 2 rings (SSSR count). The van der Waals surface area contributed by atoms with Gasteiger partial charge in [0.1, 0.15) is 0 Å². The van der Waals surface area contributed by atoms with Crippen LogP contribution in [-0.4, -0.2) is 41.7 Å². The summed E-state index contributed by atoms with van der Waals surface area (Å²) < 4.78 is 25.8. The van der Waals surface area contributed by atoms with Crippen LogP contribution in [0, 0.1) is 11.6 Å². The van der Waals surface area contributed by atoms with Crippen LogP contribution in [0.5, 0.6) is 0 Å². The van der Waals surface area contributed by atoms with Gasteiger partial charge in [-0.15, -0.1) is 0 Å². The predicted octanol–water partition coefficient (Wildman–Crippen LogP) is 0.646. The first-order valence-electron chi connectivity index (χ1n) is 6.07. The van der Waals surface area contributed by atoms with Crippen LogP contribution < -0.4 is 5.32 Å². The second-order valence-electron chi connectivity index (χ2n) is 4.79. The minimum Gasteiger partial charge on any atom is -0.392 e. The Morgan fingerprint density at radius 3 is 2.79 bits per heavy atom. The summed E-state index contributed by atoms with van der Waals surface area (Å²) in [7, 11) is 1.59. The number of nitrogens with one attached hydrogen (secondary N) is 1. The molecule has 1 fully saturated rings. The summed E-state index contributed by atoms with van der Waals surface area (Å²) >= 11 is 0. The van der Waals surface area contributed by atoms with Gasteiger partial charge in [-0.25, -0.2) is 8.78 Å². The molecule has 0 aromatic heterocycles. The van der Waals surface area contributed by atoms with E-state index in [9.17, 15) is 18.7 Å². The highest BCUT2D eigenvalue weighted by Gasteiger charge is 2.30. The number of β-amino-alcohol motifs (C(OH)–C–C–N with tert-alkyl or cyclic N) is 1. The quantitative estimate of drug-likeness (QED) is 0.848. The number of nitrogens with zero attached hydrogens (tertiary/aromatic N) is 1. The van der Waals surface area contributed by atoms with Crippen LogP contribution >= 0.6 is 0 Å². The number of carbonyl (C=O) groups excluding carboxylic acids is 1. The summed E-state index contributed by atoms with van der Waals surface area (Å²) in [6.07, 6.45) is -0.133. The number of amides is 1. The molecule has 104 valence electrons. The van der Waals surface area contributed by atoms with Crippen LogP contribution in [0.15, 0.2) is 18.2 Å². The van der Waals surface area contributed by atoms with Crippen LogP contribution in [0.3, 0.4) is 0 Å². The van der Waals surface area contributed by atoms with Crippen molar-refractivity contribution in [3.8, 4) is 0 Å². The third-order valence-electron chi connectivity index (χ3n) is 3.19. The Balaban J connectivity index is 1.98. The van der Waals surface area contributed by atoms with E-state index < -0.39 is 23.8 Å². The Morgan fingerprint density at radius 1 is 1.47 bits per heavy atom. The number of likely N-dealkylation sites (N-methyl/N-ethyl adjacent to an activating group) is 1. The van der Waals surface area contributed by atoms with Gasteiger partial charge in [0, 0.05) is 20.1 Å². The Kier molecular flexibility index (Phi) is 4.11. The van der Waals surface area contributed by atoms with E-state index in [0.717, 1.165) is 12.1 Å². The fraction of sp³-hybridized carbons (Fsp3) is 0.462. The van der Waals surface area contributed by atoms with E-state index in [1.165, 1.54) is 11.0 Å². The van der Waals surface area contributed by atoms with E-state index in [0.29, 0.717) is 18.5 Å². The molecular weight excluding hydrogens is 254 g/mol. The van der Waals surface area contributed by atoms with Gasteiger partial charge < -0.3 is 15.3 Å². The van der Waals surface area contributed by atoms with Gasteiger partial charge in [0.05, 0.1) is 12.1 Å². The molecule has 2 atom stereocenters. The lowest BCUT2D eigenvalue weighted by Gasteiger charge is -2.21. The fourth-order valence-electron chi connectivity index (χ4n) is 2.16. The number of carbonyl (C=O) groups is 1. The molecule has 0 spiro atoms. The molecule has 1 aliphatic rings. The number of aliphatic hydroxyl groups is 1. The van der Waals surface area contributed by atoms with Gasteiger partial charge in [-0.3, -0.25) is 4.79 Å². The molecule has 1 heterocycles. The standard InChI is InChI=1S/C13H16F2N2O2/c1-17(13(19)12-5-9(18)6-16-12)7-8-2-3-10(14)11(15)4-8/h2-4,9,12,16,18H,5-7H2,1H3. The Morgan fingerprint density at radius 2 is 2.21 bits per heavy atom. The molecular formula is C13H16F2N2O2. The van der Waals surface area contributed by atoms with Crippen molar-refractivity contribution in [3.63, 3.8) is 0 Å². The van der Waals surface area contributed by atoms with Crippen molar-refractivity contribution in [3.05, 3.63) is 35.4 Å². The topological polar surface area (TPSA) is 52.6 Å². The van der Waals surface area contributed by atoms with E-state index in [4.69, 9.17) is 0 Å². The van der Waals surface area contributed by atoms with Crippen LogP contribution in [0.1, 0.15) is 12.0 Å². The summed E-state index contributed by atoms with van der Waals surface area (Å²) in [4.78, 5) is 13.5. The third-order valence-corrected chi connectivity index (χ3v) is 3.19. The van der Waals surface area contributed by atoms with Gasteiger partial charge in [-0.1, -0.05) is 6.07 Å². The molecule has 6 heteroatoms. The summed E-state index contributed by atoms with van der Waals surface area (Å²) in [5, 5.41) is 12.3. The molecule has 2 unspecified atom stereocenters. The monoisotopic (exact) mass is 270 g/mol. The predicted molar refractivity (Wildman–Crippen MR) is 65.2 cm³/mol. The van der Waals surface area contributed by atoms with Crippen LogP contribution in [0.4, 0.5) is 8.78 Å². The van der Waals surface area contributed by atoms with Crippen LogP contribution in [0.25, 0.3) is 0 Å². The number of aliphatic hydroxyl groups excluding tert-OH is 1. The zero-order chi connectivity index (χ0) is 14.0. The second kappa shape index (κ2) is 5.63. The average molecular weight is 270 g/mol. The lowest BCUT2D eigenvalue weighted by atomic mass is 10.1. The lowest BCUT2D eigenvalue weighted by Crippen LogP contribution is -2.41. The molecule has 2 N–H and O–H groups in total. The first-order chi connectivity index (χ1) is 8.97. The summed E-state index contributed by atoms with van der Waals surface area (Å²) in [6.45, 7) is 0.597. The summed E-state index contributed by atoms with van der Waals surface area (Å²) in [5.74, 6) is -1.99.